The molecule has 0 spiro atoms. The Labute approximate surface area is 125 Å². The van der Waals surface area contributed by atoms with Gasteiger partial charge in [0.1, 0.15) is 0 Å². The standard InChI is InChI=1S/C17H11N3S/c18-9-12-5-6-15-16(7-12)20(11-19-15)10-14-8-13-3-1-2-4-17(13)21-14/h1-8,11H,10H2. The smallest absolute Gasteiger partial charge is 0.0992 e. The minimum absolute atomic E-state index is 0.667. The molecule has 4 aromatic rings. The second-order valence-corrected chi connectivity index (χ2v) is 6.11. The van der Waals surface area contributed by atoms with E-state index in [4.69, 9.17) is 5.26 Å². The molecule has 0 bridgehead atoms. The number of hydrogen-bond acceptors (Lipinski definition) is 3. The highest BCUT2D eigenvalue weighted by Crippen LogP contribution is 2.27. The molecular formula is C17H11N3S. The predicted molar refractivity (Wildman–Crippen MR) is 85.4 cm³/mol. The average Bonchev–Trinajstić information content (AvgIpc) is 3.10. The number of imidazole rings is 1. The summed E-state index contributed by atoms with van der Waals surface area (Å²) in [7, 11) is 0. The molecule has 0 atom stereocenters. The van der Waals surface area contributed by atoms with E-state index in [1.165, 1.54) is 15.0 Å². The van der Waals surface area contributed by atoms with Crippen LogP contribution in [0.15, 0.2) is 54.9 Å². The molecule has 0 aliphatic carbocycles. The van der Waals surface area contributed by atoms with E-state index in [1.807, 2.05) is 18.5 Å². The van der Waals surface area contributed by atoms with Gasteiger partial charge in [-0.05, 0) is 35.7 Å². The summed E-state index contributed by atoms with van der Waals surface area (Å²) in [6.07, 6.45) is 1.84. The summed E-state index contributed by atoms with van der Waals surface area (Å²) in [5.74, 6) is 0. The van der Waals surface area contributed by atoms with Crippen LogP contribution in [0, 0.1) is 11.3 Å². The topological polar surface area (TPSA) is 41.6 Å². The van der Waals surface area contributed by atoms with E-state index in [-0.39, 0.29) is 0 Å². The second-order valence-electron chi connectivity index (χ2n) is 4.94. The van der Waals surface area contributed by atoms with Crippen molar-refractivity contribution in [3.63, 3.8) is 0 Å². The van der Waals surface area contributed by atoms with Crippen molar-refractivity contribution < 1.29 is 0 Å². The van der Waals surface area contributed by atoms with E-state index in [2.05, 4.69) is 46.0 Å². The van der Waals surface area contributed by atoms with E-state index < -0.39 is 0 Å². The van der Waals surface area contributed by atoms with Crippen molar-refractivity contribution in [2.45, 2.75) is 6.54 Å². The number of benzene rings is 2. The molecule has 3 nitrogen and oxygen atoms in total. The van der Waals surface area contributed by atoms with Gasteiger partial charge in [0.2, 0.25) is 0 Å². The zero-order valence-corrected chi connectivity index (χ0v) is 12.0. The van der Waals surface area contributed by atoms with Gasteiger partial charge in [0.25, 0.3) is 0 Å². The normalized spacial score (nSPS) is 11.0. The number of nitrogens with zero attached hydrogens (tertiary/aromatic N) is 3. The van der Waals surface area contributed by atoms with Gasteiger partial charge in [-0.1, -0.05) is 18.2 Å². The number of nitriles is 1. The SMILES string of the molecule is N#Cc1ccc2ncn(Cc3cc4ccccc4s3)c2c1. The molecule has 2 aromatic heterocycles. The number of fused-ring (bicyclic) bond motifs is 2. The molecule has 2 aromatic carbocycles. The Balaban J connectivity index is 1.78. The first kappa shape index (κ1) is 12.1. The molecule has 0 fully saturated rings. The monoisotopic (exact) mass is 289 g/mol. The van der Waals surface area contributed by atoms with Crippen LogP contribution in [0.3, 0.4) is 0 Å². The van der Waals surface area contributed by atoms with Gasteiger partial charge in [-0.2, -0.15) is 5.26 Å². The molecule has 4 heteroatoms. The molecule has 4 rings (SSSR count). The van der Waals surface area contributed by atoms with Crippen molar-refractivity contribution in [3.8, 4) is 6.07 Å². The lowest BCUT2D eigenvalue weighted by Gasteiger charge is -2.01. The Bertz CT molecular complexity index is 955. The maximum Gasteiger partial charge on any atom is 0.0992 e. The summed E-state index contributed by atoms with van der Waals surface area (Å²) in [6, 6.07) is 18.4. The van der Waals surface area contributed by atoms with E-state index in [1.54, 1.807) is 17.4 Å². The van der Waals surface area contributed by atoms with Crippen molar-refractivity contribution in [1.82, 2.24) is 9.55 Å². The highest BCUT2D eigenvalue weighted by Gasteiger charge is 2.07. The van der Waals surface area contributed by atoms with Gasteiger partial charge in [-0.3, -0.25) is 0 Å². The zero-order valence-electron chi connectivity index (χ0n) is 11.2. The maximum atomic E-state index is 9.03. The Morgan fingerprint density at radius 3 is 2.90 bits per heavy atom. The third kappa shape index (κ3) is 2.08. The van der Waals surface area contributed by atoms with Crippen LogP contribution in [0.25, 0.3) is 21.1 Å². The van der Waals surface area contributed by atoms with Gasteiger partial charge in [0, 0.05) is 9.58 Å². The third-order valence-electron chi connectivity index (χ3n) is 3.55. The molecule has 0 N–H and O–H groups in total. The Morgan fingerprint density at radius 2 is 2.05 bits per heavy atom. The Morgan fingerprint density at radius 1 is 1.14 bits per heavy atom. The van der Waals surface area contributed by atoms with Crippen LogP contribution in [0.2, 0.25) is 0 Å². The lowest BCUT2D eigenvalue weighted by atomic mass is 10.2. The first-order valence-electron chi connectivity index (χ1n) is 6.66. The van der Waals surface area contributed by atoms with Crippen LogP contribution < -0.4 is 0 Å². The third-order valence-corrected chi connectivity index (χ3v) is 4.65. The quantitative estimate of drug-likeness (QED) is 0.555. The van der Waals surface area contributed by atoms with Crippen molar-refractivity contribution in [3.05, 3.63) is 65.3 Å². The molecule has 0 aliphatic heterocycles. The highest BCUT2D eigenvalue weighted by molar-refractivity contribution is 7.19. The molecule has 0 aliphatic rings. The lowest BCUT2D eigenvalue weighted by molar-refractivity contribution is 0.838. The average molecular weight is 289 g/mol. The molecule has 0 radical (unpaired) electrons. The van der Waals surface area contributed by atoms with Crippen LogP contribution in [-0.4, -0.2) is 9.55 Å². The fourth-order valence-corrected chi connectivity index (χ4v) is 3.60. The number of hydrogen-bond donors (Lipinski definition) is 0. The summed E-state index contributed by atoms with van der Waals surface area (Å²) < 4.78 is 3.40. The van der Waals surface area contributed by atoms with Crippen LogP contribution in [0.5, 0.6) is 0 Å². The van der Waals surface area contributed by atoms with Crippen molar-refractivity contribution >= 4 is 32.5 Å². The van der Waals surface area contributed by atoms with Gasteiger partial charge in [0.05, 0.1) is 35.5 Å². The van der Waals surface area contributed by atoms with Crippen LogP contribution in [0.4, 0.5) is 0 Å². The molecule has 21 heavy (non-hydrogen) atoms. The zero-order chi connectivity index (χ0) is 14.2. The van der Waals surface area contributed by atoms with Gasteiger partial charge in [0.15, 0.2) is 0 Å². The fraction of sp³-hybridized carbons (Fsp3) is 0.0588. The molecular weight excluding hydrogens is 278 g/mol. The largest absolute Gasteiger partial charge is 0.325 e. The number of rotatable bonds is 2. The minimum Gasteiger partial charge on any atom is -0.325 e. The van der Waals surface area contributed by atoms with E-state index in [9.17, 15) is 0 Å². The van der Waals surface area contributed by atoms with E-state index in [0.29, 0.717) is 5.56 Å². The number of thiophene rings is 1. The van der Waals surface area contributed by atoms with Gasteiger partial charge < -0.3 is 4.57 Å². The summed E-state index contributed by atoms with van der Waals surface area (Å²) in [6.45, 7) is 0.782. The van der Waals surface area contributed by atoms with Crippen molar-refractivity contribution in [2.24, 2.45) is 0 Å². The van der Waals surface area contributed by atoms with E-state index >= 15 is 0 Å². The molecule has 0 unspecified atom stereocenters. The maximum absolute atomic E-state index is 9.03. The van der Waals surface area contributed by atoms with Crippen LogP contribution in [0.1, 0.15) is 10.4 Å². The molecule has 0 saturated heterocycles. The minimum atomic E-state index is 0.667. The lowest BCUT2D eigenvalue weighted by Crippen LogP contribution is -1.95. The Hall–Kier alpha value is -2.64. The van der Waals surface area contributed by atoms with E-state index in [0.717, 1.165) is 17.6 Å². The second kappa shape index (κ2) is 4.72. The predicted octanol–water partition coefficient (Wildman–Crippen LogP) is 4.17. The summed E-state index contributed by atoms with van der Waals surface area (Å²) in [5.41, 5.74) is 2.60. The first-order valence-corrected chi connectivity index (χ1v) is 7.47. The highest BCUT2D eigenvalue weighted by atomic mass is 32.1. The fourth-order valence-electron chi connectivity index (χ4n) is 2.53. The van der Waals surface area contributed by atoms with Crippen LogP contribution in [-0.2, 0) is 6.54 Å². The summed E-state index contributed by atoms with van der Waals surface area (Å²) >= 11 is 1.80. The number of aromatic nitrogens is 2. The summed E-state index contributed by atoms with van der Waals surface area (Å²) in [5, 5.41) is 10.3. The van der Waals surface area contributed by atoms with Crippen molar-refractivity contribution in [2.75, 3.05) is 0 Å². The van der Waals surface area contributed by atoms with Crippen molar-refractivity contribution in [1.29, 1.82) is 5.26 Å². The molecule has 0 amide bonds. The van der Waals surface area contributed by atoms with Gasteiger partial charge in [-0.15, -0.1) is 11.3 Å². The van der Waals surface area contributed by atoms with Crippen LogP contribution >= 0.6 is 11.3 Å². The van der Waals surface area contributed by atoms with Gasteiger partial charge in [-0.25, -0.2) is 4.98 Å². The molecule has 0 saturated carbocycles. The Kier molecular flexibility index (Phi) is 2.73. The summed E-state index contributed by atoms with van der Waals surface area (Å²) in [4.78, 5) is 5.69. The molecule has 100 valence electrons. The van der Waals surface area contributed by atoms with Gasteiger partial charge >= 0.3 is 0 Å². The first-order chi connectivity index (χ1) is 10.3. The molecule has 2 heterocycles.